The van der Waals surface area contributed by atoms with E-state index in [1.807, 2.05) is 0 Å². The number of aromatic nitrogens is 1. The number of nitrogens with one attached hydrogen (secondary N) is 2. The second kappa shape index (κ2) is 5.30. The highest BCUT2D eigenvalue weighted by molar-refractivity contribution is 6.17. The topological polar surface area (TPSA) is 71.1 Å². The first kappa shape index (κ1) is 12.8. The van der Waals surface area contributed by atoms with Gasteiger partial charge in [0.2, 0.25) is 17.8 Å². The van der Waals surface area contributed by atoms with E-state index in [1.54, 1.807) is 0 Å². The van der Waals surface area contributed by atoms with E-state index in [4.69, 9.17) is 11.6 Å². The van der Waals surface area contributed by atoms with Crippen LogP contribution in [-0.4, -0.2) is 22.8 Å². The molecule has 5 nitrogen and oxygen atoms in total. The number of anilines is 1. The number of hydrogen-bond acceptors (Lipinski definition) is 4. The Hall–Kier alpha value is -1.69. The number of nitrogens with zero attached hydrogens (tertiary/aromatic N) is 1. The molecule has 1 saturated heterocycles. The van der Waals surface area contributed by atoms with Crippen LogP contribution in [0.25, 0.3) is 0 Å². The van der Waals surface area contributed by atoms with E-state index < -0.39 is 12.0 Å². The molecule has 7 heteroatoms. The van der Waals surface area contributed by atoms with Crippen LogP contribution in [0.3, 0.4) is 0 Å². The van der Waals surface area contributed by atoms with Gasteiger partial charge in [-0.1, -0.05) is 0 Å². The molecule has 1 aromatic heterocycles. The lowest BCUT2D eigenvalue weighted by Gasteiger charge is -2.22. The summed E-state index contributed by atoms with van der Waals surface area (Å²) in [5.41, 5.74) is 0.760. The lowest BCUT2D eigenvalue weighted by Crippen LogP contribution is -2.47. The first-order chi connectivity index (χ1) is 8.60. The molecule has 1 fully saturated rings. The SMILES string of the molecule is O=C1CCC(Nc2cnc(F)c(CCl)c2)C(=O)N1. The van der Waals surface area contributed by atoms with Crippen LogP contribution in [0.4, 0.5) is 10.1 Å². The van der Waals surface area contributed by atoms with Crippen molar-refractivity contribution in [2.75, 3.05) is 5.32 Å². The summed E-state index contributed by atoms with van der Waals surface area (Å²) in [4.78, 5) is 26.0. The Morgan fingerprint density at radius 1 is 1.56 bits per heavy atom. The lowest BCUT2D eigenvalue weighted by atomic mass is 10.1. The molecule has 1 aliphatic rings. The minimum absolute atomic E-state index is 0.00367. The van der Waals surface area contributed by atoms with E-state index in [2.05, 4.69) is 15.6 Å². The number of imide groups is 1. The molecule has 1 aromatic rings. The molecule has 96 valence electrons. The summed E-state index contributed by atoms with van der Waals surface area (Å²) < 4.78 is 13.1. The molecule has 1 atom stereocenters. The van der Waals surface area contributed by atoms with Gasteiger partial charge >= 0.3 is 0 Å². The summed E-state index contributed by atoms with van der Waals surface area (Å²) in [6.45, 7) is 0. The molecule has 2 amide bonds. The summed E-state index contributed by atoms with van der Waals surface area (Å²) >= 11 is 5.56. The van der Waals surface area contributed by atoms with Gasteiger partial charge in [-0.2, -0.15) is 4.39 Å². The van der Waals surface area contributed by atoms with Crippen molar-refractivity contribution in [1.82, 2.24) is 10.3 Å². The van der Waals surface area contributed by atoms with Gasteiger partial charge in [0.05, 0.1) is 17.8 Å². The van der Waals surface area contributed by atoms with Crippen LogP contribution < -0.4 is 10.6 Å². The Balaban J connectivity index is 2.09. The van der Waals surface area contributed by atoms with Crippen LogP contribution in [0.5, 0.6) is 0 Å². The van der Waals surface area contributed by atoms with Crippen molar-refractivity contribution in [2.24, 2.45) is 0 Å². The summed E-state index contributed by atoms with van der Waals surface area (Å²) in [6, 6.07) is 0.983. The minimum Gasteiger partial charge on any atom is -0.372 e. The molecule has 1 aliphatic heterocycles. The molecule has 1 unspecified atom stereocenters. The van der Waals surface area contributed by atoms with Crippen LogP contribution >= 0.6 is 11.6 Å². The van der Waals surface area contributed by atoms with E-state index in [0.717, 1.165) is 0 Å². The molecule has 2 N–H and O–H groups in total. The third-order valence-electron chi connectivity index (χ3n) is 2.64. The normalized spacial score (nSPS) is 19.6. The number of hydrogen-bond donors (Lipinski definition) is 2. The summed E-state index contributed by atoms with van der Waals surface area (Å²) in [6.07, 6.45) is 1.97. The Kier molecular flexibility index (Phi) is 3.76. The third-order valence-corrected chi connectivity index (χ3v) is 2.92. The van der Waals surface area contributed by atoms with Crippen LogP contribution in [0.1, 0.15) is 18.4 Å². The Labute approximate surface area is 108 Å². The standard InChI is InChI=1S/C11H11ClFN3O2/c12-4-6-3-7(5-14-10(6)13)15-8-1-2-9(17)16-11(8)18/h3,5,8,15H,1-2,4H2,(H,16,17,18). The maximum absolute atomic E-state index is 13.1. The molecule has 2 rings (SSSR count). The van der Waals surface area contributed by atoms with Crippen molar-refractivity contribution in [3.05, 3.63) is 23.8 Å². The lowest BCUT2D eigenvalue weighted by molar-refractivity contribution is -0.133. The van der Waals surface area contributed by atoms with Gasteiger partial charge in [0.25, 0.3) is 0 Å². The monoisotopic (exact) mass is 271 g/mol. The van der Waals surface area contributed by atoms with Gasteiger partial charge < -0.3 is 5.32 Å². The van der Waals surface area contributed by atoms with Crippen LogP contribution in [-0.2, 0) is 15.5 Å². The fourth-order valence-electron chi connectivity index (χ4n) is 1.70. The largest absolute Gasteiger partial charge is 0.372 e. The molecular formula is C11H11ClFN3O2. The molecule has 0 bridgehead atoms. The number of rotatable bonds is 3. The zero-order chi connectivity index (χ0) is 13.1. The maximum Gasteiger partial charge on any atom is 0.249 e. The molecular weight excluding hydrogens is 261 g/mol. The fraction of sp³-hybridized carbons (Fsp3) is 0.364. The van der Waals surface area contributed by atoms with E-state index in [-0.39, 0.29) is 29.7 Å². The quantitative estimate of drug-likeness (QED) is 0.492. The zero-order valence-corrected chi connectivity index (χ0v) is 10.1. The minimum atomic E-state index is -0.626. The van der Waals surface area contributed by atoms with Crippen LogP contribution in [0, 0.1) is 5.95 Å². The highest BCUT2D eigenvalue weighted by Gasteiger charge is 2.26. The molecule has 2 heterocycles. The second-order valence-corrected chi connectivity index (χ2v) is 4.22. The number of carbonyl (C=O) groups excluding carboxylic acids is 2. The molecule has 18 heavy (non-hydrogen) atoms. The van der Waals surface area contributed by atoms with Crippen molar-refractivity contribution >= 4 is 29.1 Å². The van der Waals surface area contributed by atoms with Gasteiger partial charge in [-0.05, 0) is 12.5 Å². The molecule has 0 aliphatic carbocycles. The highest BCUT2D eigenvalue weighted by Crippen LogP contribution is 2.17. The van der Waals surface area contributed by atoms with Crippen LogP contribution in [0.2, 0.25) is 0 Å². The Bertz CT molecular complexity index is 495. The summed E-state index contributed by atoms with van der Waals surface area (Å²) in [7, 11) is 0. The molecule has 0 aromatic carbocycles. The first-order valence-electron chi connectivity index (χ1n) is 5.41. The van der Waals surface area contributed by atoms with Gasteiger partial charge in [-0.15, -0.1) is 11.6 Å². The van der Waals surface area contributed by atoms with Crippen molar-refractivity contribution in [2.45, 2.75) is 24.8 Å². The van der Waals surface area contributed by atoms with E-state index >= 15 is 0 Å². The van der Waals surface area contributed by atoms with Crippen molar-refractivity contribution in [3.63, 3.8) is 0 Å². The zero-order valence-electron chi connectivity index (χ0n) is 9.37. The van der Waals surface area contributed by atoms with Gasteiger partial charge in [0.1, 0.15) is 6.04 Å². The van der Waals surface area contributed by atoms with Crippen molar-refractivity contribution in [3.8, 4) is 0 Å². The molecule has 0 saturated carbocycles. The summed E-state index contributed by atoms with van der Waals surface area (Å²) in [5.74, 6) is -1.29. The Morgan fingerprint density at radius 2 is 2.33 bits per heavy atom. The van der Waals surface area contributed by atoms with Crippen LogP contribution in [0.15, 0.2) is 12.3 Å². The second-order valence-electron chi connectivity index (χ2n) is 3.96. The van der Waals surface area contributed by atoms with Crippen molar-refractivity contribution < 1.29 is 14.0 Å². The molecule has 0 radical (unpaired) electrons. The van der Waals surface area contributed by atoms with E-state index in [0.29, 0.717) is 12.1 Å². The number of halogens is 2. The number of amides is 2. The third kappa shape index (κ3) is 2.76. The van der Waals surface area contributed by atoms with Gasteiger partial charge in [0.15, 0.2) is 0 Å². The van der Waals surface area contributed by atoms with Crippen molar-refractivity contribution in [1.29, 1.82) is 0 Å². The Morgan fingerprint density at radius 3 is 3.00 bits per heavy atom. The number of pyridine rings is 1. The number of carbonyl (C=O) groups is 2. The first-order valence-corrected chi connectivity index (χ1v) is 5.94. The maximum atomic E-state index is 13.1. The average Bonchev–Trinajstić information content (AvgIpc) is 2.35. The fourth-order valence-corrected chi connectivity index (χ4v) is 1.89. The van der Waals surface area contributed by atoms with E-state index in [1.165, 1.54) is 12.3 Å². The smallest absolute Gasteiger partial charge is 0.249 e. The average molecular weight is 272 g/mol. The highest BCUT2D eigenvalue weighted by atomic mass is 35.5. The molecule has 0 spiro atoms. The number of alkyl halides is 1. The summed E-state index contributed by atoms with van der Waals surface area (Å²) in [5, 5.41) is 5.13. The van der Waals surface area contributed by atoms with Gasteiger partial charge in [0, 0.05) is 12.0 Å². The van der Waals surface area contributed by atoms with E-state index in [9.17, 15) is 14.0 Å². The predicted octanol–water partition coefficient (Wildman–Crippen LogP) is 1.18. The van der Waals surface area contributed by atoms with Gasteiger partial charge in [-0.25, -0.2) is 4.98 Å². The predicted molar refractivity (Wildman–Crippen MR) is 63.5 cm³/mol. The van der Waals surface area contributed by atoms with Gasteiger partial charge in [-0.3, -0.25) is 14.9 Å². The number of piperidine rings is 1.